The van der Waals surface area contributed by atoms with E-state index in [0.29, 0.717) is 25.0 Å². The van der Waals surface area contributed by atoms with E-state index in [4.69, 9.17) is 5.73 Å². The standard InChI is InChI=1S/C9H17F3N2O/c1-7-4-8(5-13)6-14(7)2-3-15-9(10,11)12/h7-8H,2-6,13H2,1H3. The smallest absolute Gasteiger partial charge is 0.330 e. The molecule has 0 aromatic heterocycles. The average molecular weight is 226 g/mol. The quantitative estimate of drug-likeness (QED) is 0.782. The van der Waals surface area contributed by atoms with Crippen LogP contribution in [0, 0.1) is 5.92 Å². The molecular weight excluding hydrogens is 209 g/mol. The number of rotatable bonds is 4. The van der Waals surface area contributed by atoms with E-state index in [0.717, 1.165) is 13.0 Å². The third kappa shape index (κ3) is 4.36. The Morgan fingerprint density at radius 3 is 2.60 bits per heavy atom. The number of nitrogens with zero attached hydrogens (tertiary/aromatic N) is 1. The summed E-state index contributed by atoms with van der Waals surface area (Å²) in [7, 11) is 0. The van der Waals surface area contributed by atoms with Crippen LogP contribution in [0.3, 0.4) is 0 Å². The Morgan fingerprint density at radius 1 is 1.47 bits per heavy atom. The molecule has 1 aliphatic rings. The largest absolute Gasteiger partial charge is 0.522 e. The van der Waals surface area contributed by atoms with E-state index in [1.54, 1.807) is 0 Å². The lowest BCUT2D eigenvalue weighted by molar-refractivity contribution is -0.325. The van der Waals surface area contributed by atoms with Crippen LogP contribution < -0.4 is 5.73 Å². The van der Waals surface area contributed by atoms with Gasteiger partial charge in [0, 0.05) is 19.1 Å². The van der Waals surface area contributed by atoms with Gasteiger partial charge in [-0.3, -0.25) is 9.64 Å². The Morgan fingerprint density at radius 2 is 2.13 bits per heavy atom. The maximum Gasteiger partial charge on any atom is 0.522 e. The number of nitrogens with two attached hydrogens (primary N) is 1. The van der Waals surface area contributed by atoms with Gasteiger partial charge in [-0.1, -0.05) is 0 Å². The Labute approximate surface area is 87.4 Å². The first-order valence-electron chi connectivity index (χ1n) is 5.07. The van der Waals surface area contributed by atoms with Crippen molar-refractivity contribution in [1.29, 1.82) is 0 Å². The predicted octanol–water partition coefficient (Wildman–Crippen LogP) is 1.19. The summed E-state index contributed by atoms with van der Waals surface area (Å²) in [6.45, 7) is 3.39. The van der Waals surface area contributed by atoms with Crippen molar-refractivity contribution in [2.45, 2.75) is 25.7 Å². The molecule has 0 bridgehead atoms. The molecule has 0 radical (unpaired) electrons. The van der Waals surface area contributed by atoms with Gasteiger partial charge in [-0.15, -0.1) is 13.2 Å². The van der Waals surface area contributed by atoms with Crippen LogP contribution in [0.25, 0.3) is 0 Å². The number of hydrogen-bond acceptors (Lipinski definition) is 3. The molecule has 1 rings (SSSR count). The number of likely N-dealkylation sites (tertiary alicyclic amines) is 1. The molecule has 2 unspecified atom stereocenters. The van der Waals surface area contributed by atoms with Crippen LogP contribution in [0.15, 0.2) is 0 Å². The van der Waals surface area contributed by atoms with Crippen molar-refractivity contribution in [3.63, 3.8) is 0 Å². The van der Waals surface area contributed by atoms with Crippen molar-refractivity contribution >= 4 is 0 Å². The van der Waals surface area contributed by atoms with Crippen molar-refractivity contribution < 1.29 is 17.9 Å². The lowest BCUT2D eigenvalue weighted by Gasteiger charge is -2.21. The van der Waals surface area contributed by atoms with E-state index in [1.807, 2.05) is 11.8 Å². The summed E-state index contributed by atoms with van der Waals surface area (Å²) >= 11 is 0. The van der Waals surface area contributed by atoms with Crippen LogP contribution in [0.1, 0.15) is 13.3 Å². The molecule has 0 aromatic carbocycles. The third-order valence-electron chi connectivity index (χ3n) is 2.77. The maximum atomic E-state index is 11.7. The summed E-state index contributed by atoms with van der Waals surface area (Å²) in [5.41, 5.74) is 5.52. The molecule has 2 atom stereocenters. The molecule has 6 heteroatoms. The fourth-order valence-corrected chi connectivity index (χ4v) is 1.98. The first-order valence-corrected chi connectivity index (χ1v) is 5.07. The van der Waals surface area contributed by atoms with Crippen LogP contribution in [0.2, 0.25) is 0 Å². The zero-order chi connectivity index (χ0) is 11.5. The second kappa shape index (κ2) is 5.14. The average Bonchev–Trinajstić information content (AvgIpc) is 2.45. The van der Waals surface area contributed by atoms with E-state index in [-0.39, 0.29) is 6.61 Å². The molecule has 3 nitrogen and oxygen atoms in total. The molecule has 0 spiro atoms. The van der Waals surface area contributed by atoms with Crippen molar-refractivity contribution in [1.82, 2.24) is 4.90 Å². The molecular formula is C9H17F3N2O. The second-order valence-electron chi connectivity index (χ2n) is 3.98. The van der Waals surface area contributed by atoms with E-state index in [1.165, 1.54) is 0 Å². The topological polar surface area (TPSA) is 38.5 Å². The molecule has 1 heterocycles. The van der Waals surface area contributed by atoms with Crippen molar-refractivity contribution in [3.8, 4) is 0 Å². The van der Waals surface area contributed by atoms with Crippen molar-refractivity contribution in [2.75, 3.05) is 26.2 Å². The molecule has 0 aliphatic carbocycles. The van der Waals surface area contributed by atoms with Gasteiger partial charge in [-0.05, 0) is 25.8 Å². The summed E-state index contributed by atoms with van der Waals surface area (Å²) < 4.78 is 38.9. The first kappa shape index (κ1) is 12.7. The van der Waals surface area contributed by atoms with E-state index >= 15 is 0 Å². The van der Waals surface area contributed by atoms with Gasteiger partial charge in [0.1, 0.15) is 0 Å². The normalized spacial score (nSPS) is 28.6. The zero-order valence-electron chi connectivity index (χ0n) is 8.76. The minimum Gasteiger partial charge on any atom is -0.330 e. The highest BCUT2D eigenvalue weighted by molar-refractivity contribution is 4.82. The highest BCUT2D eigenvalue weighted by Gasteiger charge is 2.31. The third-order valence-corrected chi connectivity index (χ3v) is 2.77. The summed E-state index contributed by atoms with van der Waals surface area (Å²) in [4.78, 5) is 1.99. The highest BCUT2D eigenvalue weighted by Crippen LogP contribution is 2.22. The summed E-state index contributed by atoms with van der Waals surface area (Å²) in [6, 6.07) is 0.301. The first-order chi connectivity index (χ1) is 6.92. The number of ether oxygens (including phenoxy) is 1. The molecule has 2 N–H and O–H groups in total. The van der Waals surface area contributed by atoms with Crippen LogP contribution in [0.5, 0.6) is 0 Å². The van der Waals surface area contributed by atoms with Gasteiger partial charge in [0.05, 0.1) is 6.61 Å². The molecule has 15 heavy (non-hydrogen) atoms. The van der Waals surface area contributed by atoms with E-state index in [2.05, 4.69) is 4.74 Å². The fourth-order valence-electron chi connectivity index (χ4n) is 1.98. The van der Waals surface area contributed by atoms with Gasteiger partial charge in [-0.25, -0.2) is 0 Å². The molecule has 90 valence electrons. The lowest BCUT2D eigenvalue weighted by Crippen LogP contribution is -2.32. The Bertz CT molecular complexity index is 198. The Balaban J connectivity index is 2.22. The summed E-state index contributed by atoms with van der Waals surface area (Å²) in [5, 5.41) is 0. The Kier molecular flexibility index (Phi) is 4.36. The van der Waals surface area contributed by atoms with Gasteiger partial charge >= 0.3 is 6.36 Å². The monoisotopic (exact) mass is 226 g/mol. The highest BCUT2D eigenvalue weighted by atomic mass is 19.4. The summed E-state index contributed by atoms with van der Waals surface area (Å²) in [6.07, 6.45) is -3.56. The molecule has 1 fully saturated rings. The second-order valence-corrected chi connectivity index (χ2v) is 3.98. The number of hydrogen-bond donors (Lipinski definition) is 1. The van der Waals surface area contributed by atoms with Gasteiger partial charge in [-0.2, -0.15) is 0 Å². The zero-order valence-corrected chi connectivity index (χ0v) is 8.76. The molecule has 1 aliphatic heterocycles. The number of halogens is 3. The fraction of sp³-hybridized carbons (Fsp3) is 1.00. The molecule has 0 amide bonds. The minimum atomic E-state index is -4.52. The number of alkyl halides is 3. The van der Waals surface area contributed by atoms with Crippen LogP contribution >= 0.6 is 0 Å². The van der Waals surface area contributed by atoms with E-state index < -0.39 is 6.36 Å². The van der Waals surface area contributed by atoms with Crippen LogP contribution in [-0.2, 0) is 4.74 Å². The van der Waals surface area contributed by atoms with Crippen molar-refractivity contribution in [3.05, 3.63) is 0 Å². The molecule has 0 saturated carbocycles. The van der Waals surface area contributed by atoms with Gasteiger partial charge in [0.15, 0.2) is 0 Å². The Hall–Kier alpha value is -0.330. The predicted molar refractivity (Wildman–Crippen MR) is 50.2 cm³/mol. The van der Waals surface area contributed by atoms with Gasteiger partial charge in [0.2, 0.25) is 0 Å². The maximum absolute atomic E-state index is 11.7. The van der Waals surface area contributed by atoms with Gasteiger partial charge in [0.25, 0.3) is 0 Å². The lowest BCUT2D eigenvalue weighted by atomic mass is 10.1. The van der Waals surface area contributed by atoms with Crippen LogP contribution in [0.4, 0.5) is 13.2 Å². The SMILES string of the molecule is CC1CC(CN)CN1CCOC(F)(F)F. The minimum absolute atomic E-state index is 0.300. The van der Waals surface area contributed by atoms with Crippen molar-refractivity contribution in [2.24, 2.45) is 11.7 Å². The van der Waals surface area contributed by atoms with Crippen LogP contribution in [-0.4, -0.2) is 43.5 Å². The molecule has 1 saturated heterocycles. The molecule has 0 aromatic rings. The van der Waals surface area contributed by atoms with Gasteiger partial charge < -0.3 is 5.73 Å². The van der Waals surface area contributed by atoms with E-state index in [9.17, 15) is 13.2 Å². The summed E-state index contributed by atoms with van der Waals surface area (Å²) in [5.74, 6) is 0.408.